The molecule has 0 atom stereocenters. The first-order valence-electron chi connectivity index (χ1n) is 10.1. The first-order valence-corrected chi connectivity index (χ1v) is 18.2. The van der Waals surface area contributed by atoms with Crippen molar-refractivity contribution in [2.45, 2.75) is 48.0 Å². The maximum atomic E-state index is 11.3. The SMILES string of the molecule is Brc1ccnc(Br)c1.CC(C)(C)OC(=O)NCCC#Cc1cc(Br)ccn1.CC(I)(I)I.CC(I)I. The third kappa shape index (κ3) is 36.2. The van der Waals surface area contributed by atoms with Crippen LogP contribution in [0.3, 0.4) is 0 Å². The molecule has 13 heteroatoms. The topological polar surface area (TPSA) is 64.1 Å². The lowest BCUT2D eigenvalue weighted by atomic mass is 10.2. The quantitative estimate of drug-likeness (QED) is 0.107. The van der Waals surface area contributed by atoms with Gasteiger partial charge in [0.1, 0.15) is 15.3 Å². The fourth-order valence-electron chi connectivity index (χ4n) is 1.55. The molecule has 0 fully saturated rings. The molecular formula is C23H27Br3I5N3O2. The maximum Gasteiger partial charge on any atom is 0.407 e. The van der Waals surface area contributed by atoms with Crippen LogP contribution in [0.2, 0.25) is 0 Å². The van der Waals surface area contributed by atoms with Gasteiger partial charge in [0, 0.05) is 34.3 Å². The third-order valence-corrected chi connectivity index (χ3v) is 3.97. The van der Waals surface area contributed by atoms with Crippen LogP contribution in [-0.4, -0.2) is 29.6 Å². The van der Waals surface area contributed by atoms with Gasteiger partial charge in [-0.15, -0.1) is 0 Å². The molecule has 2 heterocycles. The van der Waals surface area contributed by atoms with E-state index in [1.807, 2.05) is 45.0 Å². The van der Waals surface area contributed by atoms with Crippen molar-refractivity contribution in [3.05, 3.63) is 55.9 Å². The molecule has 0 aliphatic heterocycles. The van der Waals surface area contributed by atoms with E-state index in [4.69, 9.17) is 4.74 Å². The van der Waals surface area contributed by atoms with E-state index in [0.29, 0.717) is 18.1 Å². The second kappa shape index (κ2) is 22.9. The number of hydrogen-bond donors (Lipinski definition) is 1. The summed E-state index contributed by atoms with van der Waals surface area (Å²) in [6.45, 7) is 10.2. The Bertz CT molecular complexity index is 934. The largest absolute Gasteiger partial charge is 0.444 e. The minimum atomic E-state index is -0.476. The second-order valence-corrected chi connectivity index (χ2v) is 28.9. The predicted octanol–water partition coefficient (Wildman–Crippen LogP) is 10.9. The normalized spacial score (nSPS) is 10.2. The standard InChI is InChI=1S/C14H17BrN2O2.C5H3Br2N.C2H3I3.C2H4I2/c1-14(2,3)19-13(18)17-8-5-4-6-12-10-11(15)7-9-16-12;6-4-1-2-8-5(7)3-4;1-2(3,4)5;1-2(3)4/h7,9-10H,5,8H2,1-3H3,(H,17,18);1-3H;1H3;2H,1H3. The smallest absolute Gasteiger partial charge is 0.407 e. The molecular weight excluding hydrogens is 1220 g/mol. The summed E-state index contributed by atoms with van der Waals surface area (Å²) in [5, 5.41) is 2.64. The van der Waals surface area contributed by atoms with Crippen LogP contribution in [0.15, 0.2) is 50.2 Å². The Morgan fingerprint density at radius 3 is 1.89 bits per heavy atom. The van der Waals surface area contributed by atoms with Gasteiger partial charge in [0.05, 0.1) is 1.93 Å². The number of halogens is 8. The van der Waals surface area contributed by atoms with Gasteiger partial charge in [-0.25, -0.2) is 14.8 Å². The van der Waals surface area contributed by atoms with Gasteiger partial charge >= 0.3 is 6.09 Å². The molecule has 0 saturated carbocycles. The highest BCUT2D eigenvalue weighted by Crippen LogP contribution is 2.33. The average molecular weight is 1250 g/mol. The summed E-state index contributed by atoms with van der Waals surface area (Å²) < 4.78 is 9.12. The molecule has 36 heavy (non-hydrogen) atoms. The molecule has 5 nitrogen and oxygen atoms in total. The highest BCUT2D eigenvalue weighted by molar-refractivity contribution is 14.3. The number of alkyl carbamates (subject to hydrolysis) is 1. The Morgan fingerprint density at radius 1 is 1.03 bits per heavy atom. The van der Waals surface area contributed by atoms with Crippen LogP contribution < -0.4 is 5.32 Å². The first kappa shape index (κ1) is 40.4. The lowest BCUT2D eigenvalue weighted by Crippen LogP contribution is -2.32. The van der Waals surface area contributed by atoms with E-state index in [9.17, 15) is 4.79 Å². The number of alkyl halides is 5. The minimum absolute atomic E-state index is 0.410. The summed E-state index contributed by atoms with van der Waals surface area (Å²) in [6, 6.07) is 7.45. The number of carbonyl (C=O) groups is 1. The molecule has 0 unspecified atom stereocenters. The molecule has 2 aromatic rings. The van der Waals surface area contributed by atoms with Gasteiger partial charge in [0.15, 0.2) is 0 Å². The lowest BCUT2D eigenvalue weighted by Gasteiger charge is -2.19. The Morgan fingerprint density at radius 2 is 1.50 bits per heavy atom. The van der Waals surface area contributed by atoms with Crippen molar-refractivity contribution in [3.8, 4) is 11.8 Å². The van der Waals surface area contributed by atoms with Crippen LogP contribution in [0.1, 0.15) is 46.7 Å². The molecule has 2 rings (SSSR count). The van der Waals surface area contributed by atoms with E-state index in [2.05, 4.69) is 202 Å². The van der Waals surface area contributed by atoms with E-state index >= 15 is 0 Å². The summed E-state index contributed by atoms with van der Waals surface area (Å²) in [7, 11) is 0. The molecule has 0 spiro atoms. The second-order valence-electron chi connectivity index (χ2n) is 7.44. The number of hydrogen-bond acceptors (Lipinski definition) is 4. The van der Waals surface area contributed by atoms with E-state index in [-0.39, 0.29) is 0 Å². The molecule has 1 amide bonds. The van der Waals surface area contributed by atoms with Crippen LogP contribution in [0, 0.1) is 11.8 Å². The number of pyridine rings is 2. The van der Waals surface area contributed by atoms with Crippen molar-refractivity contribution in [3.63, 3.8) is 0 Å². The molecule has 0 aromatic carbocycles. The number of aromatic nitrogens is 2. The maximum absolute atomic E-state index is 11.3. The molecule has 2 aromatic heterocycles. The molecule has 0 saturated heterocycles. The Balaban J connectivity index is 0. The van der Waals surface area contributed by atoms with E-state index in [1.165, 1.54) is 0 Å². The fraction of sp³-hybridized carbons (Fsp3) is 0.435. The van der Waals surface area contributed by atoms with Gasteiger partial charge < -0.3 is 10.1 Å². The number of ether oxygens (including phenoxy) is 1. The molecule has 0 bridgehead atoms. The zero-order valence-corrected chi connectivity index (χ0v) is 35.7. The Kier molecular flexibility index (Phi) is 25.6. The fourth-order valence-corrected chi connectivity index (χ4v) is 2.89. The summed E-state index contributed by atoms with van der Waals surface area (Å²) >= 11 is 21.6. The number of nitrogens with one attached hydrogen (secondary N) is 1. The molecule has 202 valence electrons. The zero-order valence-electron chi connectivity index (χ0n) is 20.2. The van der Waals surface area contributed by atoms with Gasteiger partial charge in [-0.1, -0.05) is 151 Å². The third-order valence-electron chi connectivity index (χ3n) is 2.55. The van der Waals surface area contributed by atoms with Crippen molar-refractivity contribution in [1.29, 1.82) is 0 Å². The molecule has 0 aliphatic rings. The van der Waals surface area contributed by atoms with Crippen LogP contribution in [0.4, 0.5) is 4.79 Å². The zero-order chi connectivity index (χ0) is 28.4. The number of rotatable bonds is 2. The van der Waals surface area contributed by atoms with Crippen LogP contribution in [0.25, 0.3) is 0 Å². The Hall–Kier alpha value is 2.22. The van der Waals surface area contributed by atoms with Gasteiger partial charge in [-0.05, 0) is 80.7 Å². The summed E-state index contributed by atoms with van der Waals surface area (Å²) in [5.74, 6) is 5.87. The first-order chi connectivity index (χ1) is 16.4. The van der Waals surface area contributed by atoms with E-state index in [0.717, 1.165) is 15.5 Å². The van der Waals surface area contributed by atoms with Crippen molar-refractivity contribution in [1.82, 2.24) is 15.3 Å². The Labute approximate surface area is 308 Å². The van der Waals surface area contributed by atoms with Crippen LogP contribution >= 0.6 is 161 Å². The van der Waals surface area contributed by atoms with E-state index < -0.39 is 11.7 Å². The number of amides is 1. The predicted molar refractivity (Wildman–Crippen MR) is 205 cm³/mol. The van der Waals surface area contributed by atoms with Crippen LogP contribution in [-0.2, 0) is 4.74 Å². The molecule has 0 aliphatic carbocycles. The van der Waals surface area contributed by atoms with Gasteiger partial charge in [-0.3, -0.25) is 0 Å². The van der Waals surface area contributed by atoms with E-state index in [1.54, 1.807) is 12.4 Å². The van der Waals surface area contributed by atoms with Gasteiger partial charge in [0.2, 0.25) is 0 Å². The van der Waals surface area contributed by atoms with Crippen LogP contribution in [0.5, 0.6) is 0 Å². The number of nitrogens with zero attached hydrogens (tertiary/aromatic N) is 2. The van der Waals surface area contributed by atoms with Crippen molar-refractivity contribution in [2.75, 3.05) is 6.54 Å². The average Bonchev–Trinajstić information content (AvgIpc) is 2.65. The summed E-state index contributed by atoms with van der Waals surface area (Å²) in [5.41, 5.74) is 0.224. The monoisotopic (exact) mass is 1250 g/mol. The molecule has 1 N–H and O–H groups in total. The lowest BCUT2D eigenvalue weighted by molar-refractivity contribution is 0.0529. The summed E-state index contributed by atoms with van der Waals surface area (Å²) in [6.07, 6.45) is 3.55. The highest BCUT2D eigenvalue weighted by atomic mass is 127. The van der Waals surface area contributed by atoms with Gasteiger partial charge in [-0.2, -0.15) is 0 Å². The summed E-state index contributed by atoms with van der Waals surface area (Å²) in [4.78, 5) is 19.4. The van der Waals surface area contributed by atoms with Gasteiger partial charge in [0.25, 0.3) is 0 Å². The highest BCUT2D eigenvalue weighted by Gasteiger charge is 2.15. The minimum Gasteiger partial charge on any atom is -0.444 e. The molecule has 0 radical (unpaired) electrons. The number of carbonyl (C=O) groups excluding carboxylic acids is 1. The van der Waals surface area contributed by atoms with Crippen molar-refractivity contribution >= 4 is 167 Å². The van der Waals surface area contributed by atoms with Crippen molar-refractivity contribution < 1.29 is 9.53 Å². The van der Waals surface area contributed by atoms with Crippen molar-refractivity contribution in [2.24, 2.45) is 0 Å².